The second kappa shape index (κ2) is 5.17. The monoisotopic (exact) mass is 238 g/mol. The lowest BCUT2D eigenvalue weighted by atomic mass is 9.79. The van der Waals surface area contributed by atoms with E-state index >= 15 is 0 Å². The van der Waals surface area contributed by atoms with Gasteiger partial charge >= 0.3 is 0 Å². The molecule has 0 aromatic carbocycles. The minimum Gasteiger partial charge on any atom is -0.303 e. The van der Waals surface area contributed by atoms with Gasteiger partial charge in [-0.1, -0.05) is 13.8 Å². The summed E-state index contributed by atoms with van der Waals surface area (Å²) in [6.07, 6.45) is 4.70. The predicted molar refractivity (Wildman–Crippen MR) is 65.3 cm³/mol. The van der Waals surface area contributed by atoms with Gasteiger partial charge in [0.25, 0.3) is 0 Å². The summed E-state index contributed by atoms with van der Waals surface area (Å²) in [7, 11) is 0. The molecule has 4 atom stereocenters. The Balaban J connectivity index is 1.88. The van der Waals surface area contributed by atoms with Crippen LogP contribution in [0.3, 0.4) is 0 Å². The van der Waals surface area contributed by atoms with Gasteiger partial charge in [0.15, 0.2) is 0 Å². The zero-order valence-electron chi connectivity index (χ0n) is 10.7. The van der Waals surface area contributed by atoms with Crippen molar-refractivity contribution in [3.63, 3.8) is 0 Å². The Morgan fingerprint density at radius 1 is 1.18 bits per heavy atom. The molecule has 1 heterocycles. The number of imide groups is 1. The Bertz CT molecular complexity index is 317. The molecular formula is C13H22N2O2. The number of piperidine rings is 1. The van der Waals surface area contributed by atoms with Gasteiger partial charge in [-0.25, -0.2) is 0 Å². The van der Waals surface area contributed by atoms with E-state index in [1.54, 1.807) is 0 Å². The number of rotatable bonds is 2. The molecule has 0 aromatic heterocycles. The third-order valence-electron chi connectivity index (χ3n) is 4.09. The fraction of sp³-hybridized carbons (Fsp3) is 0.846. The Morgan fingerprint density at radius 2 is 1.94 bits per heavy atom. The van der Waals surface area contributed by atoms with Gasteiger partial charge in [0.05, 0.1) is 6.04 Å². The van der Waals surface area contributed by atoms with Crippen LogP contribution in [0.5, 0.6) is 0 Å². The van der Waals surface area contributed by atoms with Crippen LogP contribution in [0.15, 0.2) is 0 Å². The highest BCUT2D eigenvalue weighted by atomic mass is 16.2. The highest BCUT2D eigenvalue weighted by molar-refractivity contribution is 6.00. The molecule has 2 aliphatic rings. The summed E-state index contributed by atoms with van der Waals surface area (Å²) < 4.78 is 0. The molecule has 1 aliphatic carbocycles. The first-order valence-electron chi connectivity index (χ1n) is 6.66. The van der Waals surface area contributed by atoms with E-state index in [1.807, 2.05) is 0 Å². The van der Waals surface area contributed by atoms with Crippen LogP contribution >= 0.6 is 0 Å². The summed E-state index contributed by atoms with van der Waals surface area (Å²) in [4.78, 5) is 22.7. The van der Waals surface area contributed by atoms with Crippen molar-refractivity contribution >= 4 is 11.8 Å². The highest BCUT2D eigenvalue weighted by Crippen LogP contribution is 2.29. The van der Waals surface area contributed by atoms with Crippen molar-refractivity contribution in [3.8, 4) is 0 Å². The largest absolute Gasteiger partial charge is 0.303 e. The van der Waals surface area contributed by atoms with Crippen LogP contribution < -0.4 is 10.6 Å². The Morgan fingerprint density at radius 3 is 2.59 bits per heavy atom. The van der Waals surface area contributed by atoms with Gasteiger partial charge in [0.2, 0.25) is 11.8 Å². The fourth-order valence-corrected chi connectivity index (χ4v) is 3.02. The van der Waals surface area contributed by atoms with E-state index in [1.165, 1.54) is 12.8 Å². The molecule has 2 N–H and O–H groups in total. The van der Waals surface area contributed by atoms with E-state index in [9.17, 15) is 9.59 Å². The topological polar surface area (TPSA) is 58.2 Å². The van der Waals surface area contributed by atoms with E-state index in [-0.39, 0.29) is 17.9 Å². The predicted octanol–water partition coefficient (Wildman–Crippen LogP) is 1.21. The lowest BCUT2D eigenvalue weighted by Gasteiger charge is -2.36. The van der Waals surface area contributed by atoms with Crippen LogP contribution in [-0.2, 0) is 9.59 Å². The molecule has 4 heteroatoms. The molecule has 17 heavy (non-hydrogen) atoms. The second-order valence-electron chi connectivity index (χ2n) is 5.67. The van der Waals surface area contributed by atoms with Gasteiger partial charge in [-0.15, -0.1) is 0 Å². The van der Waals surface area contributed by atoms with Crippen LogP contribution in [0.1, 0.15) is 46.0 Å². The highest BCUT2D eigenvalue weighted by Gasteiger charge is 2.32. The SMILES string of the molecule is CC1CCC(NC2CCC(=O)NC2=O)C(C)C1. The molecule has 2 fully saturated rings. The van der Waals surface area contributed by atoms with Crippen molar-refractivity contribution in [1.29, 1.82) is 0 Å². The average Bonchev–Trinajstić information content (AvgIpc) is 2.25. The zero-order chi connectivity index (χ0) is 12.4. The maximum atomic E-state index is 11.7. The molecule has 96 valence electrons. The number of hydrogen-bond donors (Lipinski definition) is 2. The summed E-state index contributed by atoms with van der Waals surface area (Å²) >= 11 is 0. The maximum absolute atomic E-state index is 11.7. The van der Waals surface area contributed by atoms with Gasteiger partial charge in [-0.3, -0.25) is 14.9 Å². The van der Waals surface area contributed by atoms with Crippen LogP contribution in [0.2, 0.25) is 0 Å². The first kappa shape index (κ1) is 12.6. The zero-order valence-corrected chi connectivity index (χ0v) is 10.7. The van der Waals surface area contributed by atoms with Crippen molar-refractivity contribution in [3.05, 3.63) is 0 Å². The molecule has 2 rings (SSSR count). The molecule has 1 saturated carbocycles. The van der Waals surface area contributed by atoms with Gasteiger partial charge in [-0.2, -0.15) is 0 Å². The van der Waals surface area contributed by atoms with Gasteiger partial charge < -0.3 is 5.32 Å². The van der Waals surface area contributed by atoms with Crippen LogP contribution in [0.25, 0.3) is 0 Å². The lowest BCUT2D eigenvalue weighted by Crippen LogP contribution is -2.55. The van der Waals surface area contributed by atoms with Crippen molar-refractivity contribution < 1.29 is 9.59 Å². The summed E-state index contributed by atoms with van der Waals surface area (Å²) in [6, 6.07) is 0.253. The number of amides is 2. The quantitative estimate of drug-likeness (QED) is 0.711. The molecule has 1 aliphatic heterocycles. The minimum atomic E-state index is -0.173. The summed E-state index contributed by atoms with van der Waals surface area (Å²) in [5, 5.41) is 5.84. The summed E-state index contributed by atoms with van der Waals surface area (Å²) in [5.74, 6) is 1.12. The molecule has 1 saturated heterocycles. The third kappa shape index (κ3) is 3.06. The molecule has 4 nitrogen and oxygen atoms in total. The molecule has 2 amide bonds. The van der Waals surface area contributed by atoms with E-state index in [2.05, 4.69) is 24.5 Å². The lowest BCUT2D eigenvalue weighted by molar-refractivity contribution is -0.135. The van der Waals surface area contributed by atoms with Crippen molar-refractivity contribution in [2.45, 2.75) is 58.0 Å². The van der Waals surface area contributed by atoms with Gasteiger partial charge in [0, 0.05) is 12.5 Å². The molecule has 0 aromatic rings. The van der Waals surface area contributed by atoms with E-state index in [0.717, 1.165) is 12.3 Å². The second-order valence-corrected chi connectivity index (χ2v) is 5.67. The molecule has 4 unspecified atom stereocenters. The first-order valence-corrected chi connectivity index (χ1v) is 6.66. The molecule has 0 radical (unpaired) electrons. The average molecular weight is 238 g/mol. The van der Waals surface area contributed by atoms with E-state index < -0.39 is 0 Å². The smallest absolute Gasteiger partial charge is 0.243 e. The Hall–Kier alpha value is -0.900. The molecular weight excluding hydrogens is 216 g/mol. The molecule has 0 spiro atoms. The maximum Gasteiger partial charge on any atom is 0.243 e. The van der Waals surface area contributed by atoms with Crippen molar-refractivity contribution in [1.82, 2.24) is 10.6 Å². The Labute approximate surface area is 103 Å². The Kier molecular flexibility index (Phi) is 3.82. The number of hydrogen-bond acceptors (Lipinski definition) is 3. The standard InChI is InChI=1S/C13H22N2O2/c1-8-3-4-10(9(2)7-8)14-11-5-6-12(16)15-13(11)17/h8-11,14H,3-7H2,1-2H3,(H,15,16,17). The first-order chi connectivity index (χ1) is 8.06. The van der Waals surface area contributed by atoms with Crippen molar-refractivity contribution in [2.75, 3.05) is 0 Å². The normalized spacial score (nSPS) is 38.9. The fourth-order valence-electron chi connectivity index (χ4n) is 3.02. The number of carbonyl (C=O) groups excluding carboxylic acids is 2. The number of carbonyl (C=O) groups is 2. The van der Waals surface area contributed by atoms with E-state index in [4.69, 9.17) is 0 Å². The third-order valence-corrected chi connectivity index (χ3v) is 4.09. The summed E-state index contributed by atoms with van der Waals surface area (Å²) in [6.45, 7) is 4.54. The molecule has 0 bridgehead atoms. The van der Waals surface area contributed by atoms with Gasteiger partial charge in [0.1, 0.15) is 0 Å². The van der Waals surface area contributed by atoms with Crippen LogP contribution in [-0.4, -0.2) is 23.9 Å². The van der Waals surface area contributed by atoms with Gasteiger partial charge in [-0.05, 0) is 37.5 Å². The van der Waals surface area contributed by atoms with E-state index in [0.29, 0.717) is 24.8 Å². The van der Waals surface area contributed by atoms with Crippen molar-refractivity contribution in [2.24, 2.45) is 11.8 Å². The summed E-state index contributed by atoms with van der Waals surface area (Å²) in [5.41, 5.74) is 0. The van der Waals surface area contributed by atoms with Crippen LogP contribution in [0.4, 0.5) is 0 Å². The number of nitrogens with one attached hydrogen (secondary N) is 2. The minimum absolute atomic E-state index is 0.140. The van der Waals surface area contributed by atoms with Crippen LogP contribution in [0, 0.1) is 11.8 Å².